The van der Waals surface area contributed by atoms with E-state index in [1.165, 1.54) is 0 Å². The summed E-state index contributed by atoms with van der Waals surface area (Å²) >= 11 is 0. The fourth-order valence-electron chi connectivity index (χ4n) is 3.29. The first kappa shape index (κ1) is 22.3. The van der Waals surface area contributed by atoms with Gasteiger partial charge in [0.15, 0.2) is 11.6 Å². The second kappa shape index (κ2) is 11.1. The van der Waals surface area contributed by atoms with E-state index in [2.05, 4.69) is 6.92 Å². The summed E-state index contributed by atoms with van der Waals surface area (Å²) in [6.45, 7) is 6.10. The molecular formula is C22H34O4. The molecule has 0 radical (unpaired) electrons. The first-order chi connectivity index (χ1) is 12.3. The summed E-state index contributed by atoms with van der Waals surface area (Å²) in [5.41, 5.74) is 1.54. The molecule has 1 aliphatic rings. The summed E-state index contributed by atoms with van der Waals surface area (Å²) in [5, 5.41) is 8.63. The van der Waals surface area contributed by atoms with Crippen LogP contribution in [0.1, 0.15) is 91.4 Å². The predicted octanol–water partition coefficient (Wildman–Crippen LogP) is 5.41. The van der Waals surface area contributed by atoms with Crippen molar-refractivity contribution in [3.8, 4) is 0 Å². The zero-order valence-corrected chi connectivity index (χ0v) is 16.6. The van der Waals surface area contributed by atoms with Crippen molar-refractivity contribution in [3.63, 3.8) is 0 Å². The lowest BCUT2D eigenvalue weighted by Crippen LogP contribution is -2.22. The van der Waals surface area contributed by atoms with Crippen molar-refractivity contribution >= 4 is 17.5 Å². The molecule has 0 aliphatic heterocycles. The van der Waals surface area contributed by atoms with Gasteiger partial charge in [-0.2, -0.15) is 0 Å². The van der Waals surface area contributed by atoms with Crippen LogP contribution < -0.4 is 0 Å². The molecule has 26 heavy (non-hydrogen) atoms. The highest BCUT2D eigenvalue weighted by Crippen LogP contribution is 2.30. The van der Waals surface area contributed by atoms with Crippen molar-refractivity contribution in [2.75, 3.05) is 0 Å². The monoisotopic (exact) mass is 362 g/mol. The molecule has 0 heterocycles. The molecule has 0 fully saturated rings. The molecule has 4 nitrogen and oxygen atoms in total. The highest BCUT2D eigenvalue weighted by atomic mass is 16.4. The van der Waals surface area contributed by atoms with Gasteiger partial charge in [0.05, 0.1) is 0 Å². The summed E-state index contributed by atoms with van der Waals surface area (Å²) in [4.78, 5) is 35.1. The molecule has 0 aromatic carbocycles. The SMILES string of the molecule is CCCCC(C)(C)C(=O)/C=C/C1=C(CCCCCCC(=O)O)C(=O)CC1. The van der Waals surface area contributed by atoms with Crippen LogP contribution in [0.25, 0.3) is 0 Å². The van der Waals surface area contributed by atoms with E-state index < -0.39 is 5.97 Å². The van der Waals surface area contributed by atoms with Gasteiger partial charge >= 0.3 is 5.97 Å². The third kappa shape index (κ3) is 7.67. The van der Waals surface area contributed by atoms with E-state index >= 15 is 0 Å². The minimum Gasteiger partial charge on any atom is -0.481 e. The maximum Gasteiger partial charge on any atom is 0.303 e. The van der Waals surface area contributed by atoms with Crippen LogP contribution in [-0.2, 0) is 14.4 Å². The molecular weight excluding hydrogens is 328 g/mol. The fraction of sp³-hybridized carbons (Fsp3) is 0.682. The Balaban J connectivity index is 2.57. The van der Waals surface area contributed by atoms with Gasteiger partial charge in [0.2, 0.25) is 0 Å². The van der Waals surface area contributed by atoms with Gasteiger partial charge in [-0.05, 0) is 49.3 Å². The Morgan fingerprint density at radius 1 is 1.08 bits per heavy atom. The normalized spacial score (nSPS) is 15.3. The molecule has 0 bridgehead atoms. The van der Waals surface area contributed by atoms with Crippen molar-refractivity contribution in [2.24, 2.45) is 5.41 Å². The number of Topliss-reactive ketones (excluding diaryl/α,β-unsaturated/α-hetero) is 1. The number of ketones is 2. The number of carbonyl (C=O) groups excluding carboxylic acids is 2. The maximum absolute atomic E-state index is 12.5. The van der Waals surface area contributed by atoms with Gasteiger partial charge in [-0.1, -0.05) is 52.5 Å². The van der Waals surface area contributed by atoms with Crippen LogP contribution in [0, 0.1) is 5.41 Å². The quantitative estimate of drug-likeness (QED) is 0.351. The summed E-state index contributed by atoms with van der Waals surface area (Å²) in [6, 6.07) is 0. The molecule has 0 saturated heterocycles. The molecule has 0 amide bonds. The predicted molar refractivity (Wildman–Crippen MR) is 104 cm³/mol. The molecule has 146 valence electrons. The Hall–Kier alpha value is -1.71. The molecule has 0 saturated carbocycles. The van der Waals surface area contributed by atoms with Crippen LogP contribution in [0.3, 0.4) is 0 Å². The highest BCUT2D eigenvalue weighted by molar-refractivity contribution is 6.00. The summed E-state index contributed by atoms with van der Waals surface area (Å²) in [6.07, 6.45) is 12.2. The number of hydrogen-bond acceptors (Lipinski definition) is 3. The van der Waals surface area contributed by atoms with Crippen LogP contribution in [0.5, 0.6) is 0 Å². The van der Waals surface area contributed by atoms with E-state index in [1.54, 1.807) is 6.08 Å². The van der Waals surface area contributed by atoms with E-state index in [-0.39, 0.29) is 23.4 Å². The van der Waals surface area contributed by atoms with Crippen molar-refractivity contribution in [2.45, 2.75) is 91.4 Å². The van der Waals surface area contributed by atoms with Gasteiger partial charge in [-0.3, -0.25) is 14.4 Å². The summed E-state index contributed by atoms with van der Waals surface area (Å²) < 4.78 is 0. The Morgan fingerprint density at radius 2 is 1.77 bits per heavy atom. The van der Waals surface area contributed by atoms with Crippen molar-refractivity contribution in [1.29, 1.82) is 0 Å². The molecule has 0 aromatic rings. The van der Waals surface area contributed by atoms with Crippen LogP contribution in [0.4, 0.5) is 0 Å². The third-order valence-electron chi connectivity index (χ3n) is 5.17. The Labute approximate surface area is 157 Å². The average molecular weight is 363 g/mol. The van der Waals surface area contributed by atoms with Crippen LogP contribution in [-0.4, -0.2) is 22.6 Å². The number of unbranched alkanes of at least 4 members (excludes halogenated alkanes) is 4. The summed E-state index contributed by atoms with van der Waals surface area (Å²) in [7, 11) is 0. The van der Waals surface area contributed by atoms with Gasteiger partial charge in [0, 0.05) is 18.3 Å². The molecule has 1 aliphatic carbocycles. The van der Waals surface area contributed by atoms with E-state index in [9.17, 15) is 14.4 Å². The topological polar surface area (TPSA) is 71.4 Å². The van der Waals surface area contributed by atoms with Gasteiger partial charge in [-0.15, -0.1) is 0 Å². The number of carboxylic acid groups (broad SMARTS) is 1. The smallest absolute Gasteiger partial charge is 0.303 e. The Morgan fingerprint density at radius 3 is 2.42 bits per heavy atom. The lowest BCUT2D eigenvalue weighted by atomic mass is 9.82. The van der Waals surface area contributed by atoms with E-state index in [4.69, 9.17) is 5.11 Å². The van der Waals surface area contributed by atoms with Crippen molar-refractivity contribution in [3.05, 3.63) is 23.3 Å². The number of hydrogen-bond donors (Lipinski definition) is 1. The lowest BCUT2D eigenvalue weighted by molar-refractivity contribution is -0.137. The molecule has 0 unspecified atom stereocenters. The summed E-state index contributed by atoms with van der Waals surface area (Å²) in [5.74, 6) is -0.420. The van der Waals surface area contributed by atoms with Crippen molar-refractivity contribution in [1.82, 2.24) is 0 Å². The maximum atomic E-state index is 12.5. The van der Waals surface area contributed by atoms with E-state index in [0.717, 1.165) is 62.5 Å². The molecule has 0 spiro atoms. The molecule has 4 heteroatoms. The first-order valence-electron chi connectivity index (χ1n) is 9.97. The highest BCUT2D eigenvalue weighted by Gasteiger charge is 2.25. The molecule has 0 atom stereocenters. The zero-order valence-electron chi connectivity index (χ0n) is 16.6. The second-order valence-corrected chi connectivity index (χ2v) is 7.92. The first-order valence-corrected chi connectivity index (χ1v) is 9.97. The number of aliphatic carboxylic acids is 1. The Kier molecular flexibility index (Phi) is 9.53. The largest absolute Gasteiger partial charge is 0.481 e. The minimum atomic E-state index is -0.752. The van der Waals surface area contributed by atoms with Crippen LogP contribution >= 0.6 is 0 Å². The molecule has 1 N–H and O–H groups in total. The molecule has 1 rings (SSSR count). The van der Waals surface area contributed by atoms with Crippen LogP contribution in [0.15, 0.2) is 23.3 Å². The third-order valence-corrected chi connectivity index (χ3v) is 5.17. The van der Waals surface area contributed by atoms with Gasteiger partial charge in [0.25, 0.3) is 0 Å². The van der Waals surface area contributed by atoms with Gasteiger partial charge in [-0.25, -0.2) is 0 Å². The van der Waals surface area contributed by atoms with Gasteiger partial charge < -0.3 is 5.11 Å². The number of rotatable bonds is 13. The van der Waals surface area contributed by atoms with E-state index in [0.29, 0.717) is 12.8 Å². The number of allylic oxidation sites excluding steroid dienone is 4. The molecule has 0 aromatic heterocycles. The van der Waals surface area contributed by atoms with Gasteiger partial charge in [0.1, 0.15) is 0 Å². The number of carbonyl (C=O) groups is 3. The van der Waals surface area contributed by atoms with Crippen LogP contribution in [0.2, 0.25) is 0 Å². The minimum absolute atomic E-state index is 0.130. The zero-order chi connectivity index (χ0) is 19.6. The Bertz CT molecular complexity index is 567. The fourth-order valence-corrected chi connectivity index (χ4v) is 3.29. The van der Waals surface area contributed by atoms with Crippen molar-refractivity contribution < 1.29 is 19.5 Å². The standard InChI is InChI=1S/C22H34O4/c1-4-5-16-22(2,3)20(24)15-13-17-12-14-19(23)18(17)10-8-6-7-9-11-21(25)26/h13,15H,4-12,14,16H2,1-3H3,(H,25,26)/b15-13+. The average Bonchev–Trinajstić information content (AvgIpc) is 2.93. The second-order valence-electron chi connectivity index (χ2n) is 7.92. The van der Waals surface area contributed by atoms with E-state index in [1.807, 2.05) is 19.9 Å². The number of carboxylic acids is 1. The lowest BCUT2D eigenvalue weighted by Gasteiger charge is -2.20.